The zero-order chi connectivity index (χ0) is 18.2. The maximum absolute atomic E-state index is 12.7. The summed E-state index contributed by atoms with van der Waals surface area (Å²) >= 11 is 0. The average Bonchev–Trinajstić information content (AvgIpc) is 3.08. The van der Waals surface area contributed by atoms with Gasteiger partial charge in [0.1, 0.15) is 6.26 Å². The highest BCUT2D eigenvalue weighted by molar-refractivity contribution is 5.94. The Morgan fingerprint density at radius 3 is 2.60 bits per heavy atom. The molecule has 0 atom stereocenters. The van der Waals surface area contributed by atoms with E-state index in [4.69, 9.17) is 4.42 Å². The number of amides is 2. The first-order chi connectivity index (χ1) is 12.0. The maximum atomic E-state index is 12.7. The van der Waals surface area contributed by atoms with Crippen molar-refractivity contribution < 1.29 is 14.0 Å². The van der Waals surface area contributed by atoms with E-state index in [1.54, 1.807) is 29.2 Å². The molecule has 0 saturated heterocycles. The van der Waals surface area contributed by atoms with Gasteiger partial charge >= 0.3 is 0 Å². The lowest BCUT2D eigenvalue weighted by atomic mass is 10.1. The molecule has 2 amide bonds. The van der Waals surface area contributed by atoms with Gasteiger partial charge in [0.15, 0.2) is 5.69 Å². The van der Waals surface area contributed by atoms with Gasteiger partial charge in [0.25, 0.3) is 11.8 Å². The van der Waals surface area contributed by atoms with E-state index in [9.17, 15) is 9.59 Å². The van der Waals surface area contributed by atoms with Crippen LogP contribution in [0.1, 0.15) is 32.3 Å². The van der Waals surface area contributed by atoms with E-state index in [2.05, 4.69) is 23.5 Å². The standard InChI is InChI=1S/C19H21N3O3/c1-4-10-20-18(23)16-13-25-17(21-16)12-22(11-5-2)19(24)15-8-6-14(3)7-9-15/h4-9,13H,1-2,10-12H2,3H3,(H,20,23). The van der Waals surface area contributed by atoms with Crippen LogP contribution in [-0.2, 0) is 6.54 Å². The van der Waals surface area contributed by atoms with Crippen molar-refractivity contribution in [2.75, 3.05) is 13.1 Å². The highest BCUT2D eigenvalue weighted by Crippen LogP contribution is 2.12. The van der Waals surface area contributed by atoms with Crippen molar-refractivity contribution in [2.24, 2.45) is 0 Å². The van der Waals surface area contributed by atoms with Crippen LogP contribution >= 0.6 is 0 Å². The van der Waals surface area contributed by atoms with Gasteiger partial charge < -0.3 is 14.6 Å². The maximum Gasteiger partial charge on any atom is 0.273 e. The molecule has 0 spiro atoms. The number of carbonyl (C=O) groups excluding carboxylic acids is 2. The van der Waals surface area contributed by atoms with Gasteiger partial charge in [-0.1, -0.05) is 29.8 Å². The smallest absolute Gasteiger partial charge is 0.273 e. The van der Waals surface area contributed by atoms with Crippen LogP contribution in [0.25, 0.3) is 0 Å². The highest BCUT2D eigenvalue weighted by atomic mass is 16.3. The predicted molar refractivity (Wildman–Crippen MR) is 95.1 cm³/mol. The van der Waals surface area contributed by atoms with Gasteiger partial charge in [-0.15, -0.1) is 13.2 Å². The minimum atomic E-state index is -0.352. The van der Waals surface area contributed by atoms with Crippen molar-refractivity contribution in [3.8, 4) is 0 Å². The molecule has 0 unspecified atom stereocenters. The molecule has 0 aliphatic carbocycles. The Morgan fingerprint density at radius 1 is 1.24 bits per heavy atom. The third-order valence-electron chi connectivity index (χ3n) is 3.45. The molecule has 0 radical (unpaired) electrons. The Bertz CT molecular complexity index is 762. The van der Waals surface area contributed by atoms with Crippen molar-refractivity contribution in [3.05, 3.63) is 78.6 Å². The molecule has 130 valence electrons. The second-order valence-electron chi connectivity index (χ2n) is 5.47. The SMILES string of the molecule is C=CCNC(=O)c1coc(CN(CC=C)C(=O)c2ccc(C)cc2)n1. The number of nitrogens with one attached hydrogen (secondary N) is 1. The van der Waals surface area contributed by atoms with E-state index in [1.165, 1.54) is 6.26 Å². The van der Waals surface area contributed by atoms with Crippen LogP contribution < -0.4 is 5.32 Å². The molecule has 1 N–H and O–H groups in total. The lowest BCUT2D eigenvalue weighted by molar-refractivity contribution is 0.0749. The molecule has 0 bridgehead atoms. The molecular formula is C19H21N3O3. The number of oxazole rings is 1. The van der Waals surface area contributed by atoms with E-state index in [1.807, 2.05) is 19.1 Å². The predicted octanol–water partition coefficient (Wildman–Crippen LogP) is 2.73. The molecule has 6 nitrogen and oxygen atoms in total. The Morgan fingerprint density at radius 2 is 1.96 bits per heavy atom. The summed E-state index contributed by atoms with van der Waals surface area (Å²) in [5, 5.41) is 2.62. The Balaban J connectivity index is 2.11. The van der Waals surface area contributed by atoms with Gasteiger partial charge in [0.05, 0.1) is 6.54 Å². The molecule has 1 aromatic heterocycles. The second kappa shape index (κ2) is 8.63. The minimum absolute atomic E-state index is 0.146. The van der Waals surface area contributed by atoms with Gasteiger partial charge in [-0.3, -0.25) is 9.59 Å². The Labute approximate surface area is 146 Å². The fraction of sp³-hybridized carbons (Fsp3) is 0.211. The summed E-state index contributed by atoms with van der Waals surface area (Å²) in [5.41, 5.74) is 1.82. The number of benzene rings is 1. The lowest BCUT2D eigenvalue weighted by Crippen LogP contribution is -2.31. The molecule has 0 fully saturated rings. The summed E-state index contributed by atoms with van der Waals surface area (Å²) < 4.78 is 5.32. The van der Waals surface area contributed by atoms with Crippen molar-refractivity contribution in [1.82, 2.24) is 15.2 Å². The zero-order valence-electron chi connectivity index (χ0n) is 14.2. The van der Waals surface area contributed by atoms with Gasteiger partial charge in [0.2, 0.25) is 5.89 Å². The van der Waals surface area contributed by atoms with Gasteiger partial charge in [-0.05, 0) is 19.1 Å². The second-order valence-corrected chi connectivity index (χ2v) is 5.47. The van der Waals surface area contributed by atoms with Crippen molar-refractivity contribution in [1.29, 1.82) is 0 Å². The normalized spacial score (nSPS) is 10.1. The third kappa shape index (κ3) is 4.91. The lowest BCUT2D eigenvalue weighted by Gasteiger charge is -2.19. The first-order valence-electron chi connectivity index (χ1n) is 7.85. The van der Waals surface area contributed by atoms with E-state index in [0.29, 0.717) is 18.7 Å². The van der Waals surface area contributed by atoms with Crippen molar-refractivity contribution in [3.63, 3.8) is 0 Å². The molecule has 6 heteroatoms. The number of hydrogen-bond donors (Lipinski definition) is 1. The number of hydrogen-bond acceptors (Lipinski definition) is 4. The first kappa shape index (κ1) is 18.2. The molecule has 0 aliphatic rings. The molecule has 0 aliphatic heterocycles. The largest absolute Gasteiger partial charge is 0.446 e. The monoisotopic (exact) mass is 339 g/mol. The first-order valence-corrected chi connectivity index (χ1v) is 7.85. The summed E-state index contributed by atoms with van der Waals surface area (Å²) in [6.07, 6.45) is 4.48. The van der Waals surface area contributed by atoms with E-state index >= 15 is 0 Å². The molecule has 25 heavy (non-hydrogen) atoms. The van der Waals surface area contributed by atoms with Crippen LogP contribution in [-0.4, -0.2) is 34.8 Å². The summed E-state index contributed by atoms with van der Waals surface area (Å²) in [4.78, 5) is 30.2. The quantitative estimate of drug-likeness (QED) is 0.750. The number of rotatable bonds is 8. The van der Waals surface area contributed by atoms with Crippen LogP contribution in [0.2, 0.25) is 0 Å². The van der Waals surface area contributed by atoms with Gasteiger partial charge in [0, 0.05) is 18.7 Å². The van der Waals surface area contributed by atoms with E-state index < -0.39 is 0 Å². The summed E-state index contributed by atoms with van der Waals surface area (Å²) in [6, 6.07) is 7.31. The van der Waals surface area contributed by atoms with E-state index in [0.717, 1.165) is 5.56 Å². The fourth-order valence-electron chi connectivity index (χ4n) is 2.16. The number of carbonyl (C=O) groups is 2. The van der Waals surface area contributed by atoms with Crippen LogP contribution in [0.4, 0.5) is 0 Å². The minimum Gasteiger partial charge on any atom is -0.446 e. The molecule has 2 aromatic rings. The summed E-state index contributed by atoms with van der Waals surface area (Å²) in [7, 11) is 0. The molecule has 2 rings (SSSR count). The highest BCUT2D eigenvalue weighted by Gasteiger charge is 2.19. The van der Waals surface area contributed by atoms with Crippen LogP contribution in [0, 0.1) is 6.92 Å². The number of aromatic nitrogens is 1. The average molecular weight is 339 g/mol. The molecule has 1 heterocycles. The molecular weight excluding hydrogens is 318 g/mol. The Kier molecular flexibility index (Phi) is 6.28. The van der Waals surface area contributed by atoms with Gasteiger partial charge in [-0.25, -0.2) is 4.98 Å². The van der Waals surface area contributed by atoms with Gasteiger partial charge in [-0.2, -0.15) is 0 Å². The van der Waals surface area contributed by atoms with Crippen LogP contribution in [0.5, 0.6) is 0 Å². The number of aryl methyl sites for hydroxylation is 1. The molecule has 0 saturated carbocycles. The van der Waals surface area contributed by atoms with Crippen LogP contribution in [0.3, 0.4) is 0 Å². The van der Waals surface area contributed by atoms with E-state index in [-0.39, 0.29) is 29.9 Å². The third-order valence-corrected chi connectivity index (χ3v) is 3.45. The summed E-state index contributed by atoms with van der Waals surface area (Å²) in [5.74, 6) is -0.225. The number of nitrogens with zero attached hydrogens (tertiary/aromatic N) is 2. The van der Waals surface area contributed by atoms with Crippen LogP contribution in [0.15, 0.2) is 60.3 Å². The molecule has 1 aromatic carbocycles. The summed E-state index contributed by atoms with van der Waals surface area (Å²) in [6.45, 7) is 10.0. The Hall–Kier alpha value is -3.15. The fourth-order valence-corrected chi connectivity index (χ4v) is 2.16. The van der Waals surface area contributed by atoms with Crippen molar-refractivity contribution >= 4 is 11.8 Å². The zero-order valence-corrected chi connectivity index (χ0v) is 14.2. The van der Waals surface area contributed by atoms with Crippen molar-refractivity contribution in [2.45, 2.75) is 13.5 Å². The topological polar surface area (TPSA) is 75.4 Å².